The van der Waals surface area contributed by atoms with Gasteiger partial charge in [-0.3, -0.25) is 0 Å². The number of ether oxygens (including phenoxy) is 1. The van der Waals surface area contributed by atoms with Gasteiger partial charge in [0.25, 0.3) is 0 Å². The van der Waals surface area contributed by atoms with Crippen molar-refractivity contribution in [2.24, 2.45) is 5.92 Å². The first kappa shape index (κ1) is 12.4. The number of hydrogen-bond acceptors (Lipinski definition) is 5. The van der Waals surface area contributed by atoms with Crippen LogP contribution in [-0.4, -0.2) is 39.4 Å². The molecule has 1 saturated heterocycles. The first-order chi connectivity index (χ1) is 6.84. The molecule has 5 nitrogen and oxygen atoms in total. The fraction of sp³-hybridized carbons (Fsp3) is 0.900. The summed E-state index contributed by atoms with van der Waals surface area (Å²) < 4.78 is 5.10. The normalized spacial score (nSPS) is 34.5. The van der Waals surface area contributed by atoms with Crippen LogP contribution in [-0.2, 0) is 4.74 Å². The molecule has 3 N–H and O–H groups in total. The summed E-state index contributed by atoms with van der Waals surface area (Å²) in [5.41, 5.74) is -1.30. The van der Waals surface area contributed by atoms with E-state index >= 15 is 0 Å². The van der Waals surface area contributed by atoms with Crippen molar-refractivity contribution in [3.05, 3.63) is 0 Å². The van der Waals surface area contributed by atoms with Gasteiger partial charge in [0.2, 0.25) is 0 Å². The third kappa shape index (κ3) is 3.14. The molecular formula is C10H17NO4. The van der Waals surface area contributed by atoms with Gasteiger partial charge in [0.05, 0.1) is 23.7 Å². The Morgan fingerprint density at radius 2 is 2.07 bits per heavy atom. The number of nitriles is 1. The average Bonchev–Trinajstić information content (AvgIpc) is 2.14. The van der Waals surface area contributed by atoms with Gasteiger partial charge in [-0.1, -0.05) is 0 Å². The van der Waals surface area contributed by atoms with Gasteiger partial charge in [-0.05, 0) is 20.3 Å². The van der Waals surface area contributed by atoms with E-state index in [0.29, 0.717) is 6.42 Å². The smallest absolute Gasteiger partial charge is 0.156 e. The molecule has 0 aromatic rings. The van der Waals surface area contributed by atoms with Crippen molar-refractivity contribution in [1.82, 2.24) is 0 Å². The zero-order valence-electron chi connectivity index (χ0n) is 8.92. The summed E-state index contributed by atoms with van der Waals surface area (Å²) in [4.78, 5) is 0. The number of nitrogens with zero attached hydrogens (tertiary/aromatic N) is 1. The third-order valence-electron chi connectivity index (χ3n) is 2.59. The maximum Gasteiger partial charge on any atom is 0.156 e. The fourth-order valence-corrected chi connectivity index (χ4v) is 1.70. The summed E-state index contributed by atoms with van der Waals surface area (Å²) in [6.45, 7) is 2.92. The zero-order chi connectivity index (χ0) is 11.6. The molecule has 0 bridgehead atoms. The Labute approximate surface area is 88.9 Å². The number of aliphatic hydroxyl groups excluding tert-OH is 2. The van der Waals surface area contributed by atoms with E-state index in [4.69, 9.17) is 10.00 Å². The third-order valence-corrected chi connectivity index (χ3v) is 2.59. The molecule has 1 fully saturated rings. The molecule has 0 unspecified atom stereocenters. The van der Waals surface area contributed by atoms with Crippen LogP contribution >= 0.6 is 0 Å². The van der Waals surface area contributed by atoms with Crippen molar-refractivity contribution in [2.75, 3.05) is 0 Å². The van der Waals surface area contributed by atoms with Crippen LogP contribution in [0.4, 0.5) is 0 Å². The predicted octanol–water partition coefficient (Wildman–Crippen LogP) is -0.245. The first-order valence-corrected chi connectivity index (χ1v) is 4.98. The van der Waals surface area contributed by atoms with E-state index in [1.165, 1.54) is 13.8 Å². The van der Waals surface area contributed by atoms with Gasteiger partial charge in [-0.2, -0.15) is 5.26 Å². The van der Waals surface area contributed by atoms with Gasteiger partial charge in [0.15, 0.2) is 6.29 Å². The summed E-state index contributed by atoms with van der Waals surface area (Å²) in [7, 11) is 0. The Hall–Kier alpha value is -0.670. The predicted molar refractivity (Wildman–Crippen MR) is 51.5 cm³/mol. The van der Waals surface area contributed by atoms with Crippen LogP contribution in [0.25, 0.3) is 0 Å². The van der Waals surface area contributed by atoms with Gasteiger partial charge < -0.3 is 20.1 Å². The zero-order valence-corrected chi connectivity index (χ0v) is 8.92. The molecular weight excluding hydrogens is 198 g/mol. The Bertz CT molecular complexity index is 255. The molecule has 0 saturated carbocycles. The molecule has 86 valence electrons. The fourth-order valence-electron chi connectivity index (χ4n) is 1.70. The quantitative estimate of drug-likeness (QED) is 0.591. The highest BCUT2D eigenvalue weighted by Crippen LogP contribution is 2.28. The second-order valence-corrected chi connectivity index (χ2v) is 4.53. The van der Waals surface area contributed by atoms with Gasteiger partial charge in [-0.25, -0.2) is 0 Å². The molecule has 1 aliphatic heterocycles. The highest BCUT2D eigenvalue weighted by atomic mass is 16.6. The van der Waals surface area contributed by atoms with E-state index < -0.39 is 24.1 Å². The minimum absolute atomic E-state index is 0.256. The van der Waals surface area contributed by atoms with Crippen molar-refractivity contribution in [1.29, 1.82) is 5.26 Å². The topological polar surface area (TPSA) is 93.7 Å². The van der Waals surface area contributed by atoms with Crippen LogP contribution in [0.15, 0.2) is 0 Å². The molecule has 4 atom stereocenters. The SMILES string of the molecule is CC(C)(O)[C@H](O)[C@H]1C[C@H](C#N)C[C@@H](O)O1. The lowest BCUT2D eigenvalue weighted by atomic mass is 9.87. The highest BCUT2D eigenvalue weighted by molar-refractivity contribution is 4.93. The highest BCUT2D eigenvalue weighted by Gasteiger charge is 2.39. The van der Waals surface area contributed by atoms with Gasteiger partial charge in [0, 0.05) is 6.42 Å². The van der Waals surface area contributed by atoms with E-state index in [9.17, 15) is 15.3 Å². The number of rotatable bonds is 2. The molecule has 0 radical (unpaired) electrons. The minimum Gasteiger partial charge on any atom is -0.388 e. The van der Waals surface area contributed by atoms with Crippen LogP contribution in [0, 0.1) is 17.2 Å². The van der Waals surface area contributed by atoms with E-state index in [0.717, 1.165) is 0 Å². The van der Waals surface area contributed by atoms with Crippen molar-refractivity contribution in [3.8, 4) is 6.07 Å². The van der Waals surface area contributed by atoms with Crippen molar-refractivity contribution in [3.63, 3.8) is 0 Å². The van der Waals surface area contributed by atoms with Crippen molar-refractivity contribution < 1.29 is 20.1 Å². The summed E-state index contributed by atoms with van der Waals surface area (Å²) in [6.07, 6.45) is -2.25. The van der Waals surface area contributed by atoms with E-state index in [-0.39, 0.29) is 12.3 Å². The van der Waals surface area contributed by atoms with Crippen LogP contribution in [0.1, 0.15) is 26.7 Å². The monoisotopic (exact) mass is 215 g/mol. The summed E-state index contributed by atoms with van der Waals surface area (Å²) in [5, 5.41) is 37.4. The Kier molecular flexibility index (Phi) is 3.68. The van der Waals surface area contributed by atoms with Gasteiger partial charge in [0.1, 0.15) is 6.10 Å². The molecule has 0 aliphatic carbocycles. The first-order valence-electron chi connectivity index (χ1n) is 4.98. The van der Waals surface area contributed by atoms with Crippen LogP contribution < -0.4 is 0 Å². The molecule has 15 heavy (non-hydrogen) atoms. The summed E-state index contributed by atoms with van der Waals surface area (Å²) >= 11 is 0. The molecule has 0 aromatic heterocycles. The largest absolute Gasteiger partial charge is 0.388 e. The number of hydrogen-bond donors (Lipinski definition) is 3. The Morgan fingerprint density at radius 1 is 1.47 bits per heavy atom. The second-order valence-electron chi connectivity index (χ2n) is 4.53. The van der Waals surface area contributed by atoms with Gasteiger partial charge >= 0.3 is 0 Å². The summed E-state index contributed by atoms with van der Waals surface area (Å²) in [5.74, 6) is -0.337. The molecule has 0 aromatic carbocycles. The molecule has 0 spiro atoms. The van der Waals surface area contributed by atoms with E-state index in [2.05, 4.69) is 0 Å². The van der Waals surface area contributed by atoms with E-state index in [1.54, 1.807) is 0 Å². The van der Waals surface area contributed by atoms with E-state index in [1.807, 2.05) is 6.07 Å². The lowest BCUT2D eigenvalue weighted by Gasteiger charge is -2.37. The van der Waals surface area contributed by atoms with Crippen LogP contribution in [0.3, 0.4) is 0 Å². The lowest BCUT2D eigenvalue weighted by Crippen LogP contribution is -2.49. The maximum atomic E-state index is 9.75. The minimum atomic E-state index is -1.30. The molecule has 0 amide bonds. The standard InChI is InChI=1S/C10H17NO4/c1-10(2,14)9(13)7-3-6(5-11)4-8(12)15-7/h6-9,12-14H,3-4H2,1-2H3/t6-,7+,8-,9+/m0/s1. The van der Waals surface area contributed by atoms with Crippen LogP contribution in [0.2, 0.25) is 0 Å². The molecule has 5 heteroatoms. The molecule has 1 heterocycles. The molecule has 1 rings (SSSR count). The van der Waals surface area contributed by atoms with Gasteiger partial charge in [-0.15, -0.1) is 0 Å². The van der Waals surface area contributed by atoms with Crippen molar-refractivity contribution >= 4 is 0 Å². The lowest BCUT2D eigenvalue weighted by molar-refractivity contribution is -0.221. The van der Waals surface area contributed by atoms with Crippen LogP contribution in [0.5, 0.6) is 0 Å². The van der Waals surface area contributed by atoms with Crippen molar-refractivity contribution in [2.45, 2.75) is 50.8 Å². The molecule has 1 aliphatic rings. The Morgan fingerprint density at radius 3 is 2.53 bits per heavy atom. The maximum absolute atomic E-state index is 9.75. The Balaban J connectivity index is 2.66. The second kappa shape index (κ2) is 4.45. The summed E-state index contributed by atoms with van der Waals surface area (Å²) in [6, 6.07) is 2.04. The average molecular weight is 215 g/mol. The number of aliphatic hydroxyl groups is 3.